The van der Waals surface area contributed by atoms with Crippen LogP contribution in [-0.2, 0) is 5.41 Å². The van der Waals surface area contributed by atoms with Crippen molar-refractivity contribution >= 4 is 222 Å². The third-order valence-electron chi connectivity index (χ3n) is 30.7. The first-order valence-electron chi connectivity index (χ1n) is 49.8. The number of aromatic nitrogens is 4. The molecular formula is C135H92N4O4Si2. The Hall–Kier alpha value is -18.3. The van der Waals surface area contributed by atoms with Gasteiger partial charge in [0.15, 0.2) is 8.07 Å². The fourth-order valence-corrected chi connectivity index (χ4v) is 31.2. The highest BCUT2D eigenvalue weighted by molar-refractivity contribution is 7.20. The highest BCUT2D eigenvalue weighted by atomic mass is 28.3. The predicted molar refractivity (Wildman–Crippen MR) is 611 cm³/mol. The lowest BCUT2D eigenvalue weighted by Crippen LogP contribution is -2.74. The van der Waals surface area contributed by atoms with Crippen molar-refractivity contribution in [2.75, 3.05) is 0 Å². The number of nitrogens with zero attached hydrogens (tertiary/aromatic N) is 4. The zero-order valence-corrected chi connectivity index (χ0v) is 81.6. The monoisotopic (exact) mass is 1890 g/mol. The number of para-hydroxylation sites is 9. The summed E-state index contributed by atoms with van der Waals surface area (Å²) in [6.07, 6.45) is 0. The minimum atomic E-state index is -2.77. The minimum Gasteiger partial charge on any atom is -0.456 e. The van der Waals surface area contributed by atoms with Gasteiger partial charge in [0.2, 0.25) is 0 Å². The maximum absolute atomic E-state index is 6.93. The molecule has 30 rings (SSSR count). The second-order valence-electron chi connectivity index (χ2n) is 38.7. The standard InChI is InChI=1S/C50H34N2O2Si.C43H29NO.C42H29NOSi/c1-55(2,33-21-25-49-41(29-33)39-27-31(19-23-47(39)53-49)51-43-15-7-3-11-35(43)36-12-4-8-16-44(36)51)34-22-26-50-42(30-34)40-28-32(20-24-48(40)54-50)52-45-17-9-5-13-37(45)38-14-6-10-18-46(38)52;1-4-14-30(15-5-1)43(31-16-6-2-7-17-31,32-18-8-3-9-19-32)33-24-26-41-37(28-33)38-29-34(25-27-42(38)45-41)44-39-22-12-10-20-35(39)36-21-11-13-23-40(36)44;1-4-15-31(16-5-1)45(32-17-6-2-7-18-32,33-19-8-3-9-20-33)41-26-14-23-36-37-29-30(27-28-40(37)44-42(36)41)43-38-24-12-10-21-34(38)35-22-11-13-25-39(35)43/h3-30H,1-2H3;2*1-29H. The number of benzene rings is 22. The molecule has 22 aromatic carbocycles. The summed E-state index contributed by atoms with van der Waals surface area (Å²) in [4.78, 5) is 0. The smallest absolute Gasteiger partial charge is 0.184 e. The SMILES string of the molecule is C[Si](C)(c1ccc2oc3ccc(-n4c5ccccc5c5ccccc54)cc3c2c1)c1ccc2oc3ccc(-n4c5ccccc5c5ccccc54)cc3c2c1.c1ccc(C(c2ccccc2)(c2ccccc2)c2ccc3oc4ccc(-n5c6ccccc6c6ccccc65)cc4c3c2)cc1.c1ccc([Si](c2ccccc2)(c2ccccc2)c2cccc3c2oc2ccc(-n4c5ccccc5c5ccccc54)cc23)cc1. The van der Waals surface area contributed by atoms with Gasteiger partial charge < -0.3 is 35.9 Å². The average molecular weight is 1890 g/mol. The summed E-state index contributed by atoms with van der Waals surface area (Å²) >= 11 is 0. The van der Waals surface area contributed by atoms with Crippen LogP contribution in [0.1, 0.15) is 22.3 Å². The molecule has 684 valence electrons. The largest absolute Gasteiger partial charge is 0.456 e. The van der Waals surface area contributed by atoms with Crippen molar-refractivity contribution in [3.8, 4) is 22.7 Å². The van der Waals surface area contributed by atoms with Crippen LogP contribution in [0.4, 0.5) is 0 Å². The van der Waals surface area contributed by atoms with Crippen LogP contribution < -0.4 is 31.1 Å². The summed E-state index contributed by atoms with van der Waals surface area (Å²) in [5.74, 6) is 0. The van der Waals surface area contributed by atoms with Crippen molar-refractivity contribution < 1.29 is 17.7 Å². The minimum absolute atomic E-state index is 0.522. The van der Waals surface area contributed by atoms with Crippen molar-refractivity contribution in [1.29, 1.82) is 0 Å². The number of rotatable bonds is 14. The molecule has 8 nitrogen and oxygen atoms in total. The molecule has 0 saturated carbocycles. The van der Waals surface area contributed by atoms with Crippen molar-refractivity contribution in [2.45, 2.75) is 18.5 Å². The zero-order valence-electron chi connectivity index (χ0n) is 79.6. The van der Waals surface area contributed by atoms with Gasteiger partial charge in [-0.05, 0) is 189 Å². The Morgan fingerprint density at radius 1 is 0.166 bits per heavy atom. The Kier molecular flexibility index (Phi) is 19.9. The lowest BCUT2D eigenvalue weighted by Gasteiger charge is -2.36. The third-order valence-corrected chi connectivity index (χ3v) is 39.0. The molecule has 30 aromatic rings. The quantitative estimate of drug-likeness (QED) is 0.0803. The molecule has 0 atom stereocenters. The van der Waals surface area contributed by atoms with Crippen LogP contribution in [0.2, 0.25) is 13.1 Å². The highest BCUT2D eigenvalue weighted by Gasteiger charge is 2.44. The van der Waals surface area contributed by atoms with Gasteiger partial charge in [-0.3, -0.25) is 0 Å². The Bertz CT molecular complexity index is 9570. The number of furan rings is 4. The molecular weight excluding hydrogens is 1800 g/mol. The fourth-order valence-electron chi connectivity index (χ4n) is 24.0. The Balaban J connectivity index is 0.000000106. The second-order valence-corrected chi connectivity index (χ2v) is 46.9. The van der Waals surface area contributed by atoms with E-state index in [2.05, 4.69) is 553 Å². The van der Waals surface area contributed by atoms with Crippen molar-refractivity contribution in [3.05, 3.63) is 544 Å². The van der Waals surface area contributed by atoms with Crippen LogP contribution in [0.15, 0.2) is 539 Å². The molecule has 0 unspecified atom stereocenters. The summed E-state index contributed by atoms with van der Waals surface area (Å²) in [5.41, 5.74) is 25.7. The van der Waals surface area contributed by atoms with Crippen LogP contribution in [0.25, 0.3) is 198 Å². The van der Waals surface area contributed by atoms with Gasteiger partial charge in [-0.2, -0.15) is 0 Å². The van der Waals surface area contributed by atoms with E-state index in [1.807, 2.05) is 0 Å². The summed E-state index contributed by atoms with van der Waals surface area (Å²) in [6, 6.07) is 189. The van der Waals surface area contributed by atoms with Gasteiger partial charge in [0.25, 0.3) is 0 Å². The van der Waals surface area contributed by atoms with Gasteiger partial charge in [-0.15, -0.1) is 0 Å². The number of hydrogen-bond acceptors (Lipinski definition) is 4. The van der Waals surface area contributed by atoms with Gasteiger partial charge in [0, 0.05) is 109 Å². The Labute approximate surface area is 837 Å². The van der Waals surface area contributed by atoms with E-state index in [-0.39, 0.29) is 0 Å². The van der Waals surface area contributed by atoms with Crippen LogP contribution in [0, 0.1) is 0 Å². The molecule has 0 radical (unpaired) electrons. The van der Waals surface area contributed by atoms with E-state index in [9.17, 15) is 0 Å². The van der Waals surface area contributed by atoms with E-state index in [0.717, 1.165) is 111 Å². The number of hydrogen-bond donors (Lipinski definition) is 0. The molecule has 8 aromatic heterocycles. The number of fused-ring (bicyclic) bond motifs is 24. The van der Waals surface area contributed by atoms with Gasteiger partial charge >= 0.3 is 0 Å². The lowest BCUT2D eigenvalue weighted by molar-refractivity contribution is 0.667. The predicted octanol–water partition coefficient (Wildman–Crippen LogP) is 31.6. The second kappa shape index (κ2) is 34.0. The molecule has 145 heavy (non-hydrogen) atoms. The van der Waals surface area contributed by atoms with Gasteiger partial charge in [0.1, 0.15) is 52.7 Å². The van der Waals surface area contributed by atoms with Gasteiger partial charge in [0.05, 0.1) is 49.5 Å². The zero-order chi connectivity index (χ0) is 96.0. The molecule has 0 bridgehead atoms. The van der Waals surface area contributed by atoms with Crippen molar-refractivity contribution in [2.24, 2.45) is 0 Å². The van der Waals surface area contributed by atoms with E-state index < -0.39 is 21.6 Å². The van der Waals surface area contributed by atoms with Crippen LogP contribution in [-0.4, -0.2) is 34.4 Å². The van der Waals surface area contributed by atoms with E-state index in [0.29, 0.717) is 0 Å². The van der Waals surface area contributed by atoms with E-state index in [1.165, 1.54) is 141 Å². The lowest BCUT2D eigenvalue weighted by atomic mass is 9.65. The fraction of sp³-hybridized carbons (Fsp3) is 0.0222. The molecule has 0 N–H and O–H groups in total. The molecule has 0 spiro atoms. The maximum atomic E-state index is 6.93. The van der Waals surface area contributed by atoms with Crippen LogP contribution in [0.3, 0.4) is 0 Å². The Morgan fingerprint density at radius 2 is 0.393 bits per heavy atom. The normalized spacial score (nSPS) is 12.2. The summed E-state index contributed by atoms with van der Waals surface area (Å²) in [7, 11) is -4.95. The summed E-state index contributed by atoms with van der Waals surface area (Å²) < 4.78 is 35.8. The topological polar surface area (TPSA) is 72.3 Å². The maximum Gasteiger partial charge on any atom is 0.184 e. The molecule has 0 fully saturated rings. The van der Waals surface area contributed by atoms with Crippen molar-refractivity contribution in [3.63, 3.8) is 0 Å². The van der Waals surface area contributed by atoms with Crippen molar-refractivity contribution in [1.82, 2.24) is 18.3 Å². The molecule has 8 heterocycles. The first kappa shape index (κ1) is 84.7. The molecule has 10 heteroatoms. The average Bonchev–Trinajstić information content (AvgIpc) is 1.61. The first-order valence-corrected chi connectivity index (χ1v) is 54.8. The molecule has 0 aliphatic carbocycles. The first-order chi connectivity index (χ1) is 71.7. The Morgan fingerprint density at radius 3 is 0.690 bits per heavy atom. The van der Waals surface area contributed by atoms with E-state index in [1.54, 1.807) is 0 Å². The van der Waals surface area contributed by atoms with Gasteiger partial charge in [-0.25, -0.2) is 0 Å². The van der Waals surface area contributed by atoms with E-state index in [4.69, 9.17) is 17.7 Å². The molecule has 0 aliphatic rings. The van der Waals surface area contributed by atoms with E-state index >= 15 is 0 Å². The molecule has 0 saturated heterocycles. The molecule has 0 aliphatic heterocycles. The third kappa shape index (κ3) is 13.4. The van der Waals surface area contributed by atoms with Crippen LogP contribution in [0.5, 0.6) is 0 Å². The van der Waals surface area contributed by atoms with Crippen LogP contribution >= 0.6 is 0 Å². The summed E-state index contributed by atoms with van der Waals surface area (Å²) in [5, 5.41) is 27.1. The summed E-state index contributed by atoms with van der Waals surface area (Å²) in [6.45, 7) is 4.90. The van der Waals surface area contributed by atoms with Gasteiger partial charge in [-0.1, -0.05) is 400 Å². The highest BCUT2D eigenvalue weighted by Crippen LogP contribution is 2.49. The molecule has 0 amide bonds.